The fraction of sp³-hybridized carbons (Fsp3) is 0.879. The van der Waals surface area contributed by atoms with E-state index in [4.69, 9.17) is 19.3 Å². The number of hydrogen-bond acceptors (Lipinski definition) is 7. The summed E-state index contributed by atoms with van der Waals surface area (Å²) < 4.78 is 16.0. The molecule has 8 heteroatoms. The predicted molar refractivity (Wildman–Crippen MR) is 157 cm³/mol. The van der Waals surface area contributed by atoms with E-state index in [9.17, 15) is 19.2 Å². The number of aliphatic carboxylic acids is 1. The maximum absolute atomic E-state index is 12.5. The highest BCUT2D eigenvalue weighted by Crippen LogP contribution is 2.59. The second-order valence-corrected chi connectivity index (χ2v) is 14.8. The molecule has 1 aliphatic heterocycles. The number of ether oxygens (including phenoxy) is 3. The van der Waals surface area contributed by atoms with Gasteiger partial charge in [-0.3, -0.25) is 19.2 Å². The normalized spacial score (nSPS) is 30.3. The van der Waals surface area contributed by atoms with Crippen molar-refractivity contribution in [3.63, 3.8) is 0 Å². The third-order valence-electron chi connectivity index (χ3n) is 10.5. The molecule has 8 nitrogen and oxygen atoms in total. The highest BCUT2D eigenvalue weighted by Gasteiger charge is 2.57. The van der Waals surface area contributed by atoms with Crippen LogP contribution in [0.15, 0.2) is 0 Å². The number of esters is 3. The molecule has 1 heterocycles. The van der Waals surface area contributed by atoms with Gasteiger partial charge in [-0.2, -0.15) is 0 Å². The highest BCUT2D eigenvalue weighted by molar-refractivity contribution is 5.78. The first-order chi connectivity index (χ1) is 18.8. The van der Waals surface area contributed by atoms with Gasteiger partial charge in [-0.25, -0.2) is 0 Å². The number of rotatable bonds is 8. The Morgan fingerprint density at radius 2 is 1.24 bits per heavy atom. The molecule has 0 radical (unpaired) electrons. The SMILES string of the molecule is CCC(C)(C)C(=O)O.CCC(C)(C)C(=O)OC1(C)C2CC3CC(C2)CC1C3.CCC(C)(C)C(=O)OC1COC(=O)C1. The average molecular weight is 581 g/mol. The summed E-state index contributed by atoms with van der Waals surface area (Å²) >= 11 is 0. The maximum Gasteiger partial charge on any atom is 0.312 e. The summed E-state index contributed by atoms with van der Waals surface area (Å²) in [4.78, 5) is 45.0. The van der Waals surface area contributed by atoms with Crippen molar-refractivity contribution in [3.8, 4) is 0 Å². The van der Waals surface area contributed by atoms with E-state index >= 15 is 0 Å². The minimum atomic E-state index is -0.722. The molecule has 5 aliphatic rings. The molecule has 0 aromatic rings. The Kier molecular flexibility index (Phi) is 11.5. The molecule has 1 atom stereocenters. The molecule has 0 amide bonds. The molecule has 4 aliphatic carbocycles. The number of carbonyl (C=O) groups excluding carboxylic acids is 3. The predicted octanol–water partition coefficient (Wildman–Crippen LogP) is 6.97. The molecule has 0 aromatic carbocycles. The van der Waals surface area contributed by atoms with Crippen LogP contribution in [0.3, 0.4) is 0 Å². The Hall–Kier alpha value is -2.12. The molecule has 0 aromatic heterocycles. The maximum atomic E-state index is 12.5. The Bertz CT molecular complexity index is 919. The van der Waals surface area contributed by atoms with E-state index in [-0.39, 0.29) is 48.1 Å². The number of cyclic esters (lactones) is 1. The van der Waals surface area contributed by atoms with Gasteiger partial charge < -0.3 is 19.3 Å². The van der Waals surface area contributed by atoms with Gasteiger partial charge in [0.2, 0.25) is 0 Å². The zero-order valence-electron chi connectivity index (χ0n) is 27.3. The van der Waals surface area contributed by atoms with Crippen molar-refractivity contribution in [2.45, 2.75) is 139 Å². The van der Waals surface area contributed by atoms with Crippen LogP contribution >= 0.6 is 0 Å². The summed E-state index contributed by atoms with van der Waals surface area (Å²) in [6.45, 7) is 19.4. The third kappa shape index (κ3) is 8.70. The van der Waals surface area contributed by atoms with Crippen LogP contribution in [0, 0.1) is 39.9 Å². The lowest BCUT2D eigenvalue weighted by Gasteiger charge is -2.59. The van der Waals surface area contributed by atoms with Crippen molar-refractivity contribution in [1.82, 2.24) is 0 Å². The van der Waals surface area contributed by atoms with Crippen molar-refractivity contribution < 1.29 is 38.5 Å². The molecule has 4 saturated carbocycles. The van der Waals surface area contributed by atoms with Gasteiger partial charge >= 0.3 is 23.9 Å². The standard InChI is InChI=1S/C17H28O2.C10H16O4.C6H12O2/c1-5-16(2,3)15(18)19-17(4)13-7-11-6-12(9-13)10-14(17)8-11;1-4-10(2,3)9(12)14-7-5-8(11)13-6-7;1-4-6(2,3)5(7)8/h11-14H,5-10H2,1-4H3;7H,4-6H2,1-3H3;4H2,1-3H3,(H,7,8). The van der Waals surface area contributed by atoms with Crippen LogP contribution in [0.25, 0.3) is 0 Å². The number of hydrogen-bond donors (Lipinski definition) is 1. The highest BCUT2D eigenvalue weighted by atomic mass is 16.6. The molecule has 4 bridgehead atoms. The molecule has 5 rings (SSSR count). The largest absolute Gasteiger partial charge is 0.481 e. The van der Waals surface area contributed by atoms with Gasteiger partial charge in [0.25, 0.3) is 0 Å². The lowest BCUT2D eigenvalue weighted by Crippen LogP contribution is -2.58. The fourth-order valence-corrected chi connectivity index (χ4v) is 5.94. The van der Waals surface area contributed by atoms with Crippen molar-refractivity contribution in [3.05, 3.63) is 0 Å². The van der Waals surface area contributed by atoms with Gasteiger partial charge in [-0.1, -0.05) is 20.8 Å². The Morgan fingerprint density at radius 3 is 1.59 bits per heavy atom. The molecule has 0 spiro atoms. The molecule has 1 N–H and O–H groups in total. The number of carboxylic acid groups (broad SMARTS) is 1. The van der Waals surface area contributed by atoms with Crippen LogP contribution < -0.4 is 0 Å². The van der Waals surface area contributed by atoms with Crippen LogP contribution in [0.4, 0.5) is 0 Å². The van der Waals surface area contributed by atoms with Gasteiger partial charge in [0.1, 0.15) is 18.3 Å². The molecular formula is C33H56O8. The molecule has 5 fully saturated rings. The van der Waals surface area contributed by atoms with Crippen LogP contribution in [0.5, 0.6) is 0 Å². The monoisotopic (exact) mass is 580 g/mol. The lowest BCUT2D eigenvalue weighted by atomic mass is 9.50. The first kappa shape index (κ1) is 35.1. The number of carbonyl (C=O) groups is 4. The van der Waals surface area contributed by atoms with Crippen molar-refractivity contribution >= 4 is 23.9 Å². The molecule has 1 saturated heterocycles. The second kappa shape index (κ2) is 13.5. The zero-order chi connectivity index (χ0) is 31.4. The summed E-state index contributed by atoms with van der Waals surface area (Å²) in [7, 11) is 0. The first-order valence-corrected chi connectivity index (χ1v) is 15.6. The minimum Gasteiger partial charge on any atom is -0.481 e. The smallest absolute Gasteiger partial charge is 0.312 e. The fourth-order valence-electron chi connectivity index (χ4n) is 5.94. The molecular weight excluding hydrogens is 524 g/mol. The Balaban J connectivity index is 0.000000236. The van der Waals surface area contributed by atoms with E-state index in [2.05, 4.69) is 13.8 Å². The number of carboxylic acids is 1. The topological polar surface area (TPSA) is 116 Å². The lowest BCUT2D eigenvalue weighted by molar-refractivity contribution is -0.211. The summed E-state index contributed by atoms with van der Waals surface area (Å²) in [6.07, 6.45) is 8.67. The van der Waals surface area contributed by atoms with Crippen LogP contribution in [-0.4, -0.2) is 47.3 Å². The summed E-state index contributed by atoms with van der Waals surface area (Å²) in [5, 5.41) is 8.44. The van der Waals surface area contributed by atoms with E-state index in [1.54, 1.807) is 13.8 Å². The second-order valence-electron chi connectivity index (χ2n) is 14.8. The van der Waals surface area contributed by atoms with Crippen molar-refractivity contribution in [2.24, 2.45) is 39.9 Å². The molecule has 1 unspecified atom stereocenters. The molecule has 236 valence electrons. The van der Waals surface area contributed by atoms with E-state index < -0.39 is 16.8 Å². The van der Waals surface area contributed by atoms with Crippen LogP contribution in [0.1, 0.15) is 127 Å². The Morgan fingerprint density at radius 1 is 0.805 bits per heavy atom. The van der Waals surface area contributed by atoms with Gasteiger partial charge in [-0.05, 0) is 124 Å². The quantitative estimate of drug-likeness (QED) is 0.242. The van der Waals surface area contributed by atoms with E-state index in [0.717, 1.165) is 18.3 Å². The van der Waals surface area contributed by atoms with Crippen molar-refractivity contribution in [1.29, 1.82) is 0 Å². The minimum absolute atomic E-state index is 0.0185. The summed E-state index contributed by atoms with van der Waals surface area (Å²) in [6, 6.07) is 0. The third-order valence-corrected chi connectivity index (χ3v) is 10.5. The average Bonchev–Trinajstić information content (AvgIpc) is 3.31. The summed E-state index contributed by atoms with van der Waals surface area (Å²) in [5.74, 6) is 1.84. The van der Waals surface area contributed by atoms with E-state index in [0.29, 0.717) is 24.7 Å². The Labute approximate surface area is 247 Å². The van der Waals surface area contributed by atoms with Crippen LogP contribution in [-0.2, 0) is 33.4 Å². The van der Waals surface area contributed by atoms with Crippen LogP contribution in [0.2, 0.25) is 0 Å². The van der Waals surface area contributed by atoms with Gasteiger partial charge in [0, 0.05) is 0 Å². The zero-order valence-corrected chi connectivity index (χ0v) is 27.3. The van der Waals surface area contributed by atoms with Crippen molar-refractivity contribution in [2.75, 3.05) is 6.61 Å². The van der Waals surface area contributed by atoms with E-state index in [1.165, 1.54) is 32.1 Å². The van der Waals surface area contributed by atoms with Gasteiger partial charge in [0.05, 0.1) is 22.7 Å². The first-order valence-electron chi connectivity index (χ1n) is 15.6. The van der Waals surface area contributed by atoms with Gasteiger partial charge in [-0.15, -0.1) is 0 Å². The summed E-state index contributed by atoms with van der Waals surface area (Å²) in [5.41, 5.74) is -1.53. The molecule has 41 heavy (non-hydrogen) atoms. The van der Waals surface area contributed by atoms with E-state index in [1.807, 2.05) is 41.5 Å². The van der Waals surface area contributed by atoms with Gasteiger partial charge in [0.15, 0.2) is 0 Å².